The monoisotopic (exact) mass is 303 g/mol. The van der Waals surface area contributed by atoms with Gasteiger partial charge in [0.25, 0.3) is 0 Å². The highest BCUT2D eigenvalue weighted by molar-refractivity contribution is 5.87. The molecule has 0 aromatic heterocycles. The van der Waals surface area contributed by atoms with E-state index < -0.39 is 11.5 Å². The Morgan fingerprint density at radius 3 is 2.45 bits per heavy atom. The third-order valence-corrected chi connectivity index (χ3v) is 4.71. The van der Waals surface area contributed by atoms with E-state index in [1.807, 2.05) is 38.1 Å². The van der Waals surface area contributed by atoms with Gasteiger partial charge >= 0.3 is 5.97 Å². The number of hydrogen-bond donors (Lipinski definition) is 2. The third-order valence-electron chi connectivity index (χ3n) is 4.71. The molecule has 1 unspecified atom stereocenters. The van der Waals surface area contributed by atoms with E-state index in [0.717, 1.165) is 30.4 Å². The molecule has 0 radical (unpaired) electrons. The van der Waals surface area contributed by atoms with Gasteiger partial charge < -0.3 is 10.4 Å². The highest BCUT2D eigenvalue weighted by Gasteiger charge is 2.40. The number of carboxylic acids is 1. The summed E-state index contributed by atoms with van der Waals surface area (Å²) in [5, 5.41) is 12.3. The maximum Gasteiger partial charge on any atom is 0.329 e. The fourth-order valence-electron chi connectivity index (χ4n) is 3.39. The molecular weight excluding hydrogens is 278 g/mol. The maximum atomic E-state index is 12.3. The number of nitrogens with one attached hydrogen (secondary N) is 1. The van der Waals surface area contributed by atoms with Crippen molar-refractivity contribution in [1.82, 2.24) is 5.32 Å². The van der Waals surface area contributed by atoms with Crippen LogP contribution in [0.25, 0.3) is 0 Å². The van der Waals surface area contributed by atoms with Gasteiger partial charge in [-0.05, 0) is 36.8 Å². The van der Waals surface area contributed by atoms with Crippen LogP contribution < -0.4 is 5.32 Å². The minimum Gasteiger partial charge on any atom is -0.480 e. The molecule has 1 aliphatic rings. The van der Waals surface area contributed by atoms with Gasteiger partial charge in [-0.15, -0.1) is 0 Å². The number of aryl methyl sites for hydroxylation is 1. The fourth-order valence-corrected chi connectivity index (χ4v) is 3.39. The Bertz CT molecular complexity index is 547. The van der Waals surface area contributed by atoms with Crippen LogP contribution in [0.5, 0.6) is 0 Å². The first-order valence-electron chi connectivity index (χ1n) is 8.04. The minimum atomic E-state index is -1.05. The van der Waals surface area contributed by atoms with Crippen molar-refractivity contribution in [2.24, 2.45) is 0 Å². The summed E-state index contributed by atoms with van der Waals surface area (Å²) >= 11 is 0. The number of carboxylic acid groups (broad SMARTS) is 1. The third kappa shape index (κ3) is 3.67. The summed E-state index contributed by atoms with van der Waals surface area (Å²) in [6.45, 7) is 4.04. The standard InChI is InChI=1S/C18H25NO3/c1-13-8-4-5-9-15(13)14(2)12-16(20)19-18(17(21)22)10-6-3-7-11-18/h4-5,8-9,14H,3,6-7,10-12H2,1-2H3,(H,19,20)(H,21,22). The quantitative estimate of drug-likeness (QED) is 0.876. The van der Waals surface area contributed by atoms with Crippen LogP contribution in [0.2, 0.25) is 0 Å². The molecule has 0 spiro atoms. The van der Waals surface area contributed by atoms with Crippen LogP contribution in [-0.4, -0.2) is 22.5 Å². The summed E-state index contributed by atoms with van der Waals surface area (Å²) in [7, 11) is 0. The van der Waals surface area contributed by atoms with Crippen molar-refractivity contribution in [2.75, 3.05) is 0 Å². The van der Waals surface area contributed by atoms with Gasteiger partial charge in [0.1, 0.15) is 5.54 Å². The van der Waals surface area contributed by atoms with Crippen molar-refractivity contribution in [2.45, 2.75) is 63.8 Å². The van der Waals surface area contributed by atoms with Gasteiger partial charge in [0, 0.05) is 6.42 Å². The molecule has 4 nitrogen and oxygen atoms in total. The average Bonchev–Trinajstić information content (AvgIpc) is 2.48. The lowest BCUT2D eigenvalue weighted by molar-refractivity contribution is -0.149. The molecule has 2 rings (SSSR count). The van der Waals surface area contributed by atoms with Crippen LogP contribution in [0, 0.1) is 6.92 Å². The zero-order valence-electron chi connectivity index (χ0n) is 13.4. The Balaban J connectivity index is 2.02. The zero-order chi connectivity index (χ0) is 16.2. The molecule has 4 heteroatoms. The summed E-state index contributed by atoms with van der Waals surface area (Å²) in [6, 6.07) is 8.01. The molecule has 2 N–H and O–H groups in total. The van der Waals surface area contributed by atoms with Gasteiger partial charge in [0.15, 0.2) is 0 Å². The van der Waals surface area contributed by atoms with E-state index in [9.17, 15) is 14.7 Å². The van der Waals surface area contributed by atoms with E-state index in [1.165, 1.54) is 0 Å². The molecule has 1 aliphatic carbocycles. The molecule has 0 saturated heterocycles. The van der Waals surface area contributed by atoms with Crippen LogP contribution in [0.3, 0.4) is 0 Å². The van der Waals surface area contributed by atoms with Gasteiger partial charge in [-0.2, -0.15) is 0 Å². The lowest BCUT2D eigenvalue weighted by Crippen LogP contribution is -2.55. The number of carbonyl (C=O) groups excluding carboxylic acids is 1. The van der Waals surface area contributed by atoms with Gasteiger partial charge in [0.05, 0.1) is 0 Å². The van der Waals surface area contributed by atoms with Gasteiger partial charge in [-0.3, -0.25) is 4.79 Å². The van der Waals surface area contributed by atoms with Crippen LogP contribution in [0.4, 0.5) is 0 Å². The normalized spacial score (nSPS) is 18.5. The Kier molecular flexibility index (Phi) is 5.22. The first-order chi connectivity index (χ1) is 10.4. The largest absolute Gasteiger partial charge is 0.480 e. The maximum absolute atomic E-state index is 12.3. The second-order valence-electron chi connectivity index (χ2n) is 6.46. The summed E-state index contributed by atoms with van der Waals surface area (Å²) < 4.78 is 0. The molecule has 1 fully saturated rings. The molecule has 1 aromatic carbocycles. The molecule has 1 saturated carbocycles. The van der Waals surface area contributed by atoms with E-state index >= 15 is 0 Å². The number of benzene rings is 1. The first-order valence-corrected chi connectivity index (χ1v) is 8.04. The van der Waals surface area contributed by atoms with Crippen LogP contribution in [0.1, 0.15) is 62.5 Å². The molecule has 0 heterocycles. The Hall–Kier alpha value is -1.84. The summed E-state index contributed by atoms with van der Waals surface area (Å²) in [5.41, 5.74) is 1.25. The van der Waals surface area contributed by atoms with Crippen LogP contribution >= 0.6 is 0 Å². The summed E-state index contributed by atoms with van der Waals surface area (Å²) in [4.78, 5) is 23.9. The molecule has 0 bridgehead atoms. The lowest BCUT2D eigenvalue weighted by Gasteiger charge is -2.34. The highest BCUT2D eigenvalue weighted by Crippen LogP contribution is 2.29. The average molecular weight is 303 g/mol. The number of aliphatic carboxylic acids is 1. The van der Waals surface area contributed by atoms with E-state index in [2.05, 4.69) is 5.32 Å². The molecular formula is C18H25NO3. The minimum absolute atomic E-state index is 0.0793. The van der Waals surface area contributed by atoms with Crippen molar-refractivity contribution >= 4 is 11.9 Å². The van der Waals surface area contributed by atoms with E-state index in [4.69, 9.17) is 0 Å². The fraction of sp³-hybridized carbons (Fsp3) is 0.556. The highest BCUT2D eigenvalue weighted by atomic mass is 16.4. The van der Waals surface area contributed by atoms with E-state index in [0.29, 0.717) is 19.3 Å². The van der Waals surface area contributed by atoms with Crippen molar-refractivity contribution in [3.8, 4) is 0 Å². The van der Waals surface area contributed by atoms with Crippen molar-refractivity contribution in [3.05, 3.63) is 35.4 Å². The number of amides is 1. The predicted molar refractivity (Wildman–Crippen MR) is 85.8 cm³/mol. The molecule has 1 amide bonds. The van der Waals surface area contributed by atoms with Crippen LogP contribution in [0.15, 0.2) is 24.3 Å². The van der Waals surface area contributed by atoms with Crippen LogP contribution in [-0.2, 0) is 9.59 Å². The molecule has 1 atom stereocenters. The smallest absolute Gasteiger partial charge is 0.329 e. The van der Waals surface area contributed by atoms with Crippen molar-refractivity contribution in [3.63, 3.8) is 0 Å². The second kappa shape index (κ2) is 6.95. The first kappa shape index (κ1) is 16.5. The molecule has 1 aromatic rings. The number of hydrogen-bond acceptors (Lipinski definition) is 2. The van der Waals surface area contributed by atoms with E-state index in [-0.39, 0.29) is 11.8 Å². The van der Waals surface area contributed by atoms with E-state index in [1.54, 1.807) is 0 Å². The van der Waals surface area contributed by atoms with Gasteiger partial charge in [-0.25, -0.2) is 4.79 Å². The Labute approximate surface area is 131 Å². The second-order valence-corrected chi connectivity index (χ2v) is 6.46. The van der Waals surface area contributed by atoms with Gasteiger partial charge in [0.2, 0.25) is 5.91 Å². The Morgan fingerprint density at radius 1 is 1.23 bits per heavy atom. The number of carbonyl (C=O) groups is 2. The Morgan fingerprint density at radius 2 is 1.86 bits per heavy atom. The van der Waals surface area contributed by atoms with Crippen molar-refractivity contribution < 1.29 is 14.7 Å². The predicted octanol–water partition coefficient (Wildman–Crippen LogP) is 3.39. The molecule has 0 aliphatic heterocycles. The number of rotatable bonds is 5. The van der Waals surface area contributed by atoms with Gasteiger partial charge in [-0.1, -0.05) is 50.5 Å². The summed E-state index contributed by atoms with van der Waals surface area (Å²) in [5.74, 6) is -0.986. The zero-order valence-corrected chi connectivity index (χ0v) is 13.4. The molecule has 22 heavy (non-hydrogen) atoms. The molecule has 120 valence electrons. The van der Waals surface area contributed by atoms with Crippen molar-refractivity contribution in [1.29, 1.82) is 0 Å². The summed E-state index contributed by atoms with van der Waals surface area (Å²) in [6.07, 6.45) is 4.16. The lowest BCUT2D eigenvalue weighted by atomic mass is 9.81. The SMILES string of the molecule is Cc1ccccc1C(C)CC(=O)NC1(C(=O)O)CCCCC1. The topological polar surface area (TPSA) is 66.4 Å².